The fraction of sp³-hybridized carbons (Fsp3) is 0.133. The normalized spacial score (nSPS) is 10.2. The van der Waals surface area contributed by atoms with Gasteiger partial charge in [0.1, 0.15) is 6.54 Å². The van der Waals surface area contributed by atoms with Crippen molar-refractivity contribution in [2.24, 2.45) is 0 Å². The van der Waals surface area contributed by atoms with E-state index in [9.17, 15) is 14.4 Å². The zero-order valence-corrected chi connectivity index (χ0v) is 15.7. The molecule has 0 atom stereocenters. The molecule has 1 amide bonds. The van der Waals surface area contributed by atoms with Gasteiger partial charge in [0, 0.05) is 10.0 Å². The molecule has 1 aromatic heterocycles. The highest BCUT2D eigenvalue weighted by Crippen LogP contribution is 2.22. The van der Waals surface area contributed by atoms with Crippen LogP contribution in [0.2, 0.25) is 0 Å². The largest absolute Gasteiger partial charge is 0.456 e. The fourth-order valence-corrected chi connectivity index (χ4v) is 3.33. The van der Waals surface area contributed by atoms with Gasteiger partial charge >= 0.3 is 5.97 Å². The Hall–Kier alpha value is -1.51. The average molecular weight is 461 g/mol. The molecule has 0 unspecified atom stereocenters. The first-order valence-corrected chi connectivity index (χ1v) is 8.84. The van der Waals surface area contributed by atoms with Crippen LogP contribution >= 0.6 is 43.2 Å². The van der Waals surface area contributed by atoms with Gasteiger partial charge in [0.2, 0.25) is 5.78 Å². The van der Waals surface area contributed by atoms with Crippen molar-refractivity contribution >= 4 is 60.9 Å². The molecule has 2 aromatic rings. The summed E-state index contributed by atoms with van der Waals surface area (Å²) in [5.74, 6) is -1.35. The summed E-state index contributed by atoms with van der Waals surface area (Å²) in [5.41, 5.74) is 0.423. The Balaban J connectivity index is 1.77. The molecule has 0 spiro atoms. The molecule has 1 N–H and O–H groups in total. The average Bonchev–Trinajstić information content (AvgIpc) is 2.96. The van der Waals surface area contributed by atoms with Crippen LogP contribution in [0.4, 0.5) is 0 Å². The van der Waals surface area contributed by atoms with Crippen molar-refractivity contribution in [2.75, 3.05) is 13.2 Å². The lowest BCUT2D eigenvalue weighted by Gasteiger charge is -2.06. The van der Waals surface area contributed by atoms with Crippen molar-refractivity contribution < 1.29 is 19.1 Å². The van der Waals surface area contributed by atoms with Gasteiger partial charge in [-0.2, -0.15) is 0 Å². The highest BCUT2D eigenvalue weighted by atomic mass is 79.9. The van der Waals surface area contributed by atoms with E-state index < -0.39 is 11.9 Å². The first kappa shape index (κ1) is 17.8. The van der Waals surface area contributed by atoms with E-state index in [0.717, 1.165) is 8.26 Å². The summed E-state index contributed by atoms with van der Waals surface area (Å²) < 4.78 is 6.45. The summed E-state index contributed by atoms with van der Waals surface area (Å²) >= 11 is 7.79. The van der Waals surface area contributed by atoms with Gasteiger partial charge in [-0.05, 0) is 46.3 Å². The molecule has 0 saturated carbocycles. The van der Waals surface area contributed by atoms with Crippen LogP contribution in [0.25, 0.3) is 0 Å². The Morgan fingerprint density at radius 1 is 1.13 bits per heavy atom. The molecule has 0 fully saturated rings. The van der Waals surface area contributed by atoms with E-state index in [1.54, 1.807) is 36.4 Å². The Morgan fingerprint density at radius 2 is 1.91 bits per heavy atom. The molecule has 0 radical (unpaired) electrons. The van der Waals surface area contributed by atoms with E-state index in [0.29, 0.717) is 10.4 Å². The smallest absolute Gasteiger partial charge is 0.325 e. The standard InChI is InChI=1S/C15H11Br2NO4S/c16-10-3-1-2-9(6-10)15(21)18-7-14(20)22-8-11(19)12-4-5-13(17)23-12/h1-6H,7-8H2,(H,18,21). The van der Waals surface area contributed by atoms with Crippen LogP contribution in [0, 0.1) is 0 Å². The molecule has 5 nitrogen and oxygen atoms in total. The number of ether oxygens (including phenoxy) is 1. The number of hydrogen-bond donors (Lipinski definition) is 1. The van der Waals surface area contributed by atoms with Gasteiger partial charge < -0.3 is 10.1 Å². The van der Waals surface area contributed by atoms with Crippen molar-refractivity contribution in [3.8, 4) is 0 Å². The van der Waals surface area contributed by atoms with Crippen LogP contribution in [0.1, 0.15) is 20.0 Å². The molecular weight excluding hydrogens is 450 g/mol. The Labute approximate surface area is 153 Å². The van der Waals surface area contributed by atoms with Crippen molar-refractivity contribution in [1.82, 2.24) is 5.32 Å². The minimum Gasteiger partial charge on any atom is -0.456 e. The maximum atomic E-state index is 11.9. The molecule has 0 aliphatic rings. The minimum absolute atomic E-state index is 0.285. The zero-order valence-electron chi connectivity index (χ0n) is 11.7. The molecular formula is C15H11Br2NO4S. The molecule has 1 aromatic carbocycles. The number of benzene rings is 1. The predicted octanol–water partition coefficient (Wildman–Crippen LogP) is 3.43. The van der Waals surface area contributed by atoms with Gasteiger partial charge in [-0.3, -0.25) is 14.4 Å². The van der Waals surface area contributed by atoms with E-state index in [2.05, 4.69) is 37.2 Å². The van der Waals surface area contributed by atoms with Gasteiger partial charge in [-0.15, -0.1) is 11.3 Å². The second kappa shape index (κ2) is 8.37. The molecule has 120 valence electrons. The fourth-order valence-electron chi connectivity index (χ4n) is 1.62. The van der Waals surface area contributed by atoms with Crippen LogP contribution in [0.3, 0.4) is 0 Å². The third-order valence-electron chi connectivity index (χ3n) is 2.69. The van der Waals surface area contributed by atoms with E-state index in [-0.39, 0.29) is 18.9 Å². The number of esters is 1. The second-order valence-corrected chi connectivity index (χ2v) is 7.76. The van der Waals surface area contributed by atoms with Gasteiger partial charge in [0.05, 0.1) is 8.66 Å². The molecule has 0 saturated heterocycles. The molecule has 0 aliphatic carbocycles. The van der Waals surface area contributed by atoms with Crippen LogP contribution in [0.5, 0.6) is 0 Å². The van der Waals surface area contributed by atoms with Crippen molar-refractivity contribution in [3.63, 3.8) is 0 Å². The number of thiophene rings is 1. The summed E-state index contributed by atoms with van der Waals surface area (Å²) in [6, 6.07) is 10.2. The van der Waals surface area contributed by atoms with Gasteiger partial charge in [0.25, 0.3) is 5.91 Å². The first-order valence-electron chi connectivity index (χ1n) is 6.43. The number of ketones is 1. The van der Waals surface area contributed by atoms with Crippen molar-refractivity contribution in [3.05, 3.63) is 55.1 Å². The van der Waals surface area contributed by atoms with Crippen LogP contribution < -0.4 is 5.32 Å². The van der Waals surface area contributed by atoms with Crippen LogP contribution in [-0.4, -0.2) is 30.8 Å². The molecule has 2 rings (SSSR count). The lowest BCUT2D eigenvalue weighted by molar-refractivity contribution is -0.141. The number of carbonyl (C=O) groups excluding carboxylic acids is 3. The molecule has 8 heteroatoms. The number of nitrogens with one attached hydrogen (secondary N) is 1. The minimum atomic E-state index is -0.669. The first-order chi connectivity index (χ1) is 11.0. The van der Waals surface area contributed by atoms with Crippen LogP contribution in [-0.2, 0) is 9.53 Å². The summed E-state index contributed by atoms with van der Waals surface area (Å²) in [6.07, 6.45) is 0. The third kappa shape index (κ3) is 5.56. The molecule has 23 heavy (non-hydrogen) atoms. The van der Waals surface area contributed by atoms with E-state index >= 15 is 0 Å². The van der Waals surface area contributed by atoms with E-state index in [4.69, 9.17) is 4.74 Å². The molecule has 0 bridgehead atoms. The summed E-state index contributed by atoms with van der Waals surface area (Å²) in [4.78, 5) is 35.7. The topological polar surface area (TPSA) is 72.5 Å². The maximum Gasteiger partial charge on any atom is 0.325 e. The number of halogens is 2. The Bertz CT molecular complexity index is 745. The Morgan fingerprint density at radius 3 is 2.57 bits per heavy atom. The monoisotopic (exact) mass is 459 g/mol. The Kier molecular flexibility index (Phi) is 6.49. The third-order valence-corrected chi connectivity index (χ3v) is 4.85. The van der Waals surface area contributed by atoms with Crippen molar-refractivity contribution in [2.45, 2.75) is 0 Å². The summed E-state index contributed by atoms with van der Waals surface area (Å²) in [7, 11) is 0. The number of Topliss-reactive ketones (excluding diaryl/α,β-unsaturated/α-hetero) is 1. The molecule has 1 heterocycles. The lowest BCUT2D eigenvalue weighted by atomic mass is 10.2. The number of rotatable bonds is 6. The quantitative estimate of drug-likeness (QED) is 0.529. The van der Waals surface area contributed by atoms with E-state index in [1.165, 1.54) is 11.3 Å². The summed E-state index contributed by atoms with van der Waals surface area (Å²) in [6.45, 7) is -0.648. The predicted molar refractivity (Wildman–Crippen MR) is 93.8 cm³/mol. The maximum absolute atomic E-state index is 11.9. The highest BCUT2D eigenvalue weighted by molar-refractivity contribution is 9.11. The number of carbonyl (C=O) groups is 3. The highest BCUT2D eigenvalue weighted by Gasteiger charge is 2.13. The zero-order chi connectivity index (χ0) is 16.8. The van der Waals surface area contributed by atoms with Crippen LogP contribution in [0.15, 0.2) is 44.7 Å². The summed E-state index contributed by atoms with van der Waals surface area (Å²) in [5, 5.41) is 2.44. The SMILES string of the molecule is O=C(CNC(=O)c1cccc(Br)c1)OCC(=O)c1ccc(Br)s1. The van der Waals surface area contributed by atoms with Gasteiger partial charge in [-0.25, -0.2) is 0 Å². The lowest BCUT2D eigenvalue weighted by Crippen LogP contribution is -2.31. The number of hydrogen-bond acceptors (Lipinski definition) is 5. The van der Waals surface area contributed by atoms with Crippen molar-refractivity contribution in [1.29, 1.82) is 0 Å². The van der Waals surface area contributed by atoms with E-state index in [1.807, 2.05) is 0 Å². The van der Waals surface area contributed by atoms with Gasteiger partial charge in [-0.1, -0.05) is 22.0 Å². The number of amides is 1. The van der Waals surface area contributed by atoms with Gasteiger partial charge in [0.15, 0.2) is 6.61 Å². The second-order valence-electron chi connectivity index (χ2n) is 4.38. The molecule has 0 aliphatic heterocycles.